The molecule has 0 fully saturated rings. The lowest BCUT2D eigenvalue weighted by molar-refractivity contribution is -0.00000394. The van der Waals surface area contributed by atoms with Gasteiger partial charge in [-0.1, -0.05) is 90.4 Å². The minimum atomic E-state index is 0. The van der Waals surface area contributed by atoms with Crippen LogP contribution in [0.15, 0.2) is 0 Å². The van der Waals surface area contributed by atoms with Crippen LogP contribution in [0, 0.1) is 0 Å². The van der Waals surface area contributed by atoms with Crippen LogP contribution in [0.3, 0.4) is 0 Å². The molecule has 0 spiro atoms. The summed E-state index contributed by atoms with van der Waals surface area (Å²) in [6.45, 7) is 3.16. The Bertz CT molecular complexity index is 120. The second-order valence-electron chi connectivity index (χ2n) is 5.38. The Labute approximate surface area is 116 Å². The minimum Gasteiger partial charge on any atom is -1.00 e. The number of hydrogen-bond acceptors (Lipinski definition) is 1. The summed E-state index contributed by atoms with van der Waals surface area (Å²) in [6, 6.07) is 0. The van der Waals surface area contributed by atoms with E-state index in [-0.39, 0.29) is 6.13 Å². The van der Waals surface area contributed by atoms with E-state index in [1.165, 1.54) is 89.9 Å². The van der Waals surface area contributed by atoms with Gasteiger partial charge in [-0.15, -0.1) is 0 Å². The molecule has 0 heterocycles. The molecule has 2 N–H and O–H groups in total. The summed E-state index contributed by atoms with van der Waals surface area (Å²) in [4.78, 5) is 0. The highest BCUT2D eigenvalue weighted by Crippen LogP contribution is 2.12. The molecule has 0 rings (SSSR count). The molecule has 0 saturated carbocycles. The average Bonchev–Trinajstić information content (AvgIpc) is 2.35. The molecular weight excluding hydrogens is 225 g/mol. The van der Waals surface area contributed by atoms with Crippen molar-refractivity contribution in [3.05, 3.63) is 0 Å². The molecule has 0 aromatic heterocycles. The van der Waals surface area contributed by atoms with Gasteiger partial charge in [0, 0.05) is 0 Å². The maximum atomic E-state index is 5.47. The second kappa shape index (κ2) is 19.2. The minimum absolute atomic E-state index is 0. The molecule has 0 bridgehead atoms. The fourth-order valence-electron chi connectivity index (χ4n) is 2.34. The highest BCUT2D eigenvalue weighted by molar-refractivity contribution is 4.49. The Morgan fingerprint density at radius 3 is 1.11 bits per heavy atom. The normalized spacial score (nSPS) is 10.3. The molecular formula is C16H36FN. The first-order valence-electron chi connectivity index (χ1n) is 8.12. The zero-order chi connectivity index (χ0) is 12.6. The van der Waals surface area contributed by atoms with E-state index in [0.29, 0.717) is 0 Å². The van der Waals surface area contributed by atoms with Crippen LogP contribution < -0.4 is 10.4 Å². The van der Waals surface area contributed by atoms with Gasteiger partial charge in [-0.05, 0) is 13.0 Å². The van der Waals surface area contributed by atoms with Crippen molar-refractivity contribution in [3.8, 4) is 0 Å². The van der Waals surface area contributed by atoms with Gasteiger partial charge in [0.05, 0.1) is 0 Å². The van der Waals surface area contributed by atoms with Crippen LogP contribution in [0.25, 0.3) is 0 Å². The third-order valence-electron chi connectivity index (χ3n) is 3.56. The SMILES string of the molecule is CCCCCCCCCCCCCCCCN.[F-].[H+]. The van der Waals surface area contributed by atoms with Crippen LogP contribution in [0.2, 0.25) is 0 Å². The molecule has 0 atom stereocenters. The Kier molecular flexibility index (Phi) is 21.6. The Hall–Kier alpha value is -0.110. The molecule has 0 saturated heterocycles. The average molecular weight is 261 g/mol. The molecule has 18 heavy (non-hydrogen) atoms. The monoisotopic (exact) mass is 261 g/mol. The third-order valence-corrected chi connectivity index (χ3v) is 3.56. The van der Waals surface area contributed by atoms with Gasteiger partial charge in [0.1, 0.15) is 0 Å². The predicted octanol–water partition coefficient (Wildman–Crippen LogP) is 2.54. The van der Waals surface area contributed by atoms with E-state index in [4.69, 9.17) is 5.73 Å². The van der Waals surface area contributed by atoms with Crippen molar-refractivity contribution in [1.29, 1.82) is 0 Å². The maximum absolute atomic E-state index is 5.47. The van der Waals surface area contributed by atoms with E-state index in [1.807, 2.05) is 0 Å². The lowest BCUT2D eigenvalue weighted by atomic mass is 10.0. The van der Waals surface area contributed by atoms with E-state index < -0.39 is 0 Å². The number of halogens is 1. The number of hydrogen-bond donors (Lipinski definition) is 1. The van der Waals surface area contributed by atoms with Crippen molar-refractivity contribution in [1.82, 2.24) is 0 Å². The zero-order valence-corrected chi connectivity index (χ0v) is 12.6. The Morgan fingerprint density at radius 1 is 0.556 bits per heavy atom. The van der Waals surface area contributed by atoms with Crippen LogP contribution in [-0.4, -0.2) is 6.54 Å². The molecule has 1 nitrogen and oxygen atoms in total. The van der Waals surface area contributed by atoms with Crippen molar-refractivity contribution in [2.75, 3.05) is 6.54 Å². The van der Waals surface area contributed by atoms with E-state index >= 15 is 0 Å². The van der Waals surface area contributed by atoms with Crippen molar-refractivity contribution in [2.45, 2.75) is 96.8 Å². The summed E-state index contributed by atoms with van der Waals surface area (Å²) in [6.07, 6.45) is 19.9. The summed E-state index contributed by atoms with van der Waals surface area (Å²) in [5.74, 6) is 0. The molecule has 112 valence electrons. The summed E-state index contributed by atoms with van der Waals surface area (Å²) in [5.41, 5.74) is 5.47. The Balaban J connectivity index is -0.00000128. The van der Waals surface area contributed by atoms with Gasteiger partial charge >= 0.3 is 1.43 Å². The summed E-state index contributed by atoms with van der Waals surface area (Å²) in [7, 11) is 0. The maximum Gasteiger partial charge on any atom is 1.00 e. The van der Waals surface area contributed by atoms with Crippen molar-refractivity contribution < 1.29 is 6.13 Å². The van der Waals surface area contributed by atoms with Crippen LogP contribution in [0.5, 0.6) is 0 Å². The smallest absolute Gasteiger partial charge is 1.00 e. The number of unbranched alkanes of at least 4 members (excludes halogenated alkanes) is 13. The van der Waals surface area contributed by atoms with Gasteiger partial charge in [0.25, 0.3) is 0 Å². The molecule has 0 radical (unpaired) electrons. The lowest BCUT2D eigenvalue weighted by Crippen LogP contribution is -3.00. The predicted molar refractivity (Wildman–Crippen MR) is 80.5 cm³/mol. The van der Waals surface area contributed by atoms with Gasteiger partial charge in [0.2, 0.25) is 0 Å². The van der Waals surface area contributed by atoms with Gasteiger partial charge in [-0.3, -0.25) is 0 Å². The topological polar surface area (TPSA) is 26.0 Å². The summed E-state index contributed by atoms with van der Waals surface area (Å²) < 4.78 is 0. The van der Waals surface area contributed by atoms with E-state index in [2.05, 4.69) is 6.92 Å². The number of rotatable bonds is 14. The second-order valence-corrected chi connectivity index (χ2v) is 5.38. The van der Waals surface area contributed by atoms with E-state index in [9.17, 15) is 0 Å². The first-order chi connectivity index (χ1) is 8.41. The summed E-state index contributed by atoms with van der Waals surface area (Å²) >= 11 is 0. The summed E-state index contributed by atoms with van der Waals surface area (Å²) in [5, 5.41) is 0. The first-order valence-corrected chi connectivity index (χ1v) is 8.12. The molecule has 0 aliphatic heterocycles. The molecule has 0 aliphatic carbocycles. The number of nitrogens with two attached hydrogens (primary N) is 1. The standard InChI is InChI=1S/C16H35N.FH/c1-2-3-4-5-6-7-8-9-10-11-12-13-14-15-16-17;/h2-17H2,1H3;1H. The van der Waals surface area contributed by atoms with Gasteiger partial charge in [-0.25, -0.2) is 0 Å². The molecule has 0 aromatic rings. The fraction of sp³-hybridized carbons (Fsp3) is 1.00. The van der Waals surface area contributed by atoms with Crippen LogP contribution in [0.1, 0.15) is 98.2 Å². The van der Waals surface area contributed by atoms with Gasteiger partial charge < -0.3 is 10.4 Å². The Morgan fingerprint density at radius 2 is 0.833 bits per heavy atom. The van der Waals surface area contributed by atoms with Gasteiger partial charge in [-0.2, -0.15) is 0 Å². The first kappa shape index (κ1) is 20.2. The van der Waals surface area contributed by atoms with Crippen LogP contribution in [-0.2, 0) is 0 Å². The van der Waals surface area contributed by atoms with E-state index in [0.717, 1.165) is 6.54 Å². The molecule has 0 aliphatic rings. The van der Waals surface area contributed by atoms with E-state index in [1.54, 1.807) is 0 Å². The van der Waals surface area contributed by atoms with Crippen molar-refractivity contribution >= 4 is 0 Å². The van der Waals surface area contributed by atoms with Crippen molar-refractivity contribution in [2.24, 2.45) is 5.73 Å². The third kappa shape index (κ3) is 18.3. The highest BCUT2D eigenvalue weighted by atomic mass is 19.0. The van der Waals surface area contributed by atoms with Crippen LogP contribution >= 0.6 is 0 Å². The molecule has 0 amide bonds. The fourth-order valence-corrected chi connectivity index (χ4v) is 2.34. The zero-order valence-electron chi connectivity index (χ0n) is 13.6. The lowest BCUT2D eigenvalue weighted by Gasteiger charge is -2.02. The molecule has 0 aromatic carbocycles. The quantitative estimate of drug-likeness (QED) is 0.478. The molecule has 0 unspecified atom stereocenters. The van der Waals surface area contributed by atoms with Crippen molar-refractivity contribution in [3.63, 3.8) is 0 Å². The van der Waals surface area contributed by atoms with Gasteiger partial charge in [0.15, 0.2) is 0 Å². The van der Waals surface area contributed by atoms with Crippen LogP contribution in [0.4, 0.5) is 0 Å². The molecule has 2 heteroatoms. The highest BCUT2D eigenvalue weighted by Gasteiger charge is 1.93. The largest absolute Gasteiger partial charge is 1.00 e.